The van der Waals surface area contributed by atoms with Crippen LogP contribution in [0.2, 0.25) is 0 Å². The number of carbonyl (C=O) groups excluding carboxylic acids is 1. The van der Waals surface area contributed by atoms with Gasteiger partial charge in [0.25, 0.3) is 0 Å². The van der Waals surface area contributed by atoms with Crippen molar-refractivity contribution in [3.8, 4) is 0 Å². The molecular weight excluding hydrogens is 240 g/mol. The van der Waals surface area contributed by atoms with E-state index in [1.54, 1.807) is 7.11 Å². The third-order valence-corrected chi connectivity index (χ3v) is 3.17. The summed E-state index contributed by atoms with van der Waals surface area (Å²) in [5.74, 6) is 0.420. The van der Waals surface area contributed by atoms with Crippen molar-refractivity contribution in [2.24, 2.45) is 5.92 Å². The van der Waals surface area contributed by atoms with Gasteiger partial charge in [0.2, 0.25) is 0 Å². The van der Waals surface area contributed by atoms with Crippen LogP contribution < -0.4 is 0 Å². The van der Waals surface area contributed by atoms with Gasteiger partial charge in [-0.05, 0) is 31.2 Å². The summed E-state index contributed by atoms with van der Waals surface area (Å²) in [4.78, 5) is 10.3. The van der Waals surface area contributed by atoms with Crippen molar-refractivity contribution in [2.45, 2.75) is 32.3 Å². The van der Waals surface area contributed by atoms with Gasteiger partial charge in [-0.3, -0.25) is 0 Å². The molecule has 0 N–H and O–H groups in total. The first-order valence-corrected chi connectivity index (χ1v) is 6.84. The first kappa shape index (κ1) is 15.9. The second-order valence-electron chi connectivity index (χ2n) is 4.87. The third-order valence-electron chi connectivity index (χ3n) is 3.17. The number of aldehydes is 1. The van der Waals surface area contributed by atoms with Crippen molar-refractivity contribution in [1.29, 1.82) is 0 Å². The molecule has 3 heteroatoms. The molecule has 0 amide bonds. The third kappa shape index (κ3) is 7.09. The van der Waals surface area contributed by atoms with E-state index in [0.29, 0.717) is 25.6 Å². The van der Waals surface area contributed by atoms with Crippen LogP contribution in [0.25, 0.3) is 0 Å². The van der Waals surface area contributed by atoms with Gasteiger partial charge >= 0.3 is 0 Å². The van der Waals surface area contributed by atoms with Gasteiger partial charge in [-0.25, -0.2) is 0 Å². The number of benzene rings is 1. The molecule has 0 aliphatic carbocycles. The molecule has 0 bridgehead atoms. The van der Waals surface area contributed by atoms with E-state index in [0.717, 1.165) is 19.1 Å². The van der Waals surface area contributed by atoms with E-state index in [-0.39, 0.29) is 6.10 Å². The highest BCUT2D eigenvalue weighted by Gasteiger charge is 2.14. The van der Waals surface area contributed by atoms with E-state index in [9.17, 15) is 4.79 Å². The molecule has 2 atom stereocenters. The molecule has 0 spiro atoms. The zero-order valence-corrected chi connectivity index (χ0v) is 11.9. The topological polar surface area (TPSA) is 35.5 Å². The fraction of sp³-hybridized carbons (Fsp3) is 0.562. The van der Waals surface area contributed by atoms with Crippen molar-refractivity contribution in [3.63, 3.8) is 0 Å². The van der Waals surface area contributed by atoms with E-state index < -0.39 is 0 Å². The Labute approximate surface area is 115 Å². The Kier molecular flexibility index (Phi) is 8.10. The zero-order valence-electron chi connectivity index (χ0n) is 11.9. The maximum Gasteiger partial charge on any atom is 0.122 e. The number of ether oxygens (including phenoxy) is 2. The Morgan fingerprint density at radius 1 is 1.26 bits per heavy atom. The van der Waals surface area contributed by atoms with Gasteiger partial charge in [0.05, 0.1) is 12.7 Å². The van der Waals surface area contributed by atoms with Gasteiger partial charge < -0.3 is 14.3 Å². The molecule has 1 rings (SSSR count). The van der Waals surface area contributed by atoms with Gasteiger partial charge in [0.15, 0.2) is 0 Å². The Hall–Kier alpha value is -1.19. The fourth-order valence-corrected chi connectivity index (χ4v) is 2.10. The number of methoxy groups -OCH3 is 1. The van der Waals surface area contributed by atoms with Crippen LogP contribution in [-0.4, -0.2) is 32.7 Å². The molecule has 0 aromatic heterocycles. The highest BCUT2D eigenvalue weighted by molar-refractivity contribution is 5.49. The number of rotatable bonds is 10. The monoisotopic (exact) mass is 264 g/mol. The van der Waals surface area contributed by atoms with Crippen LogP contribution in [0.4, 0.5) is 0 Å². The minimum absolute atomic E-state index is 0.225. The number of hydrogen-bond acceptors (Lipinski definition) is 3. The average molecular weight is 264 g/mol. The Morgan fingerprint density at radius 2 is 2.00 bits per heavy atom. The van der Waals surface area contributed by atoms with E-state index in [4.69, 9.17) is 9.47 Å². The first-order valence-electron chi connectivity index (χ1n) is 6.84. The molecule has 0 saturated heterocycles. The van der Waals surface area contributed by atoms with Crippen molar-refractivity contribution in [2.75, 3.05) is 20.3 Å². The second kappa shape index (κ2) is 9.70. The van der Waals surface area contributed by atoms with Crippen LogP contribution in [-0.2, 0) is 20.7 Å². The lowest BCUT2D eigenvalue weighted by atomic mass is 9.95. The van der Waals surface area contributed by atoms with Crippen molar-refractivity contribution in [1.82, 2.24) is 0 Å². The molecule has 0 saturated carbocycles. The van der Waals surface area contributed by atoms with Crippen LogP contribution in [0.3, 0.4) is 0 Å². The molecule has 19 heavy (non-hydrogen) atoms. The fourth-order valence-electron chi connectivity index (χ4n) is 2.10. The predicted octanol–water partition coefficient (Wildman–Crippen LogP) is 2.88. The van der Waals surface area contributed by atoms with Gasteiger partial charge in [-0.2, -0.15) is 0 Å². The van der Waals surface area contributed by atoms with E-state index in [1.807, 2.05) is 6.07 Å². The maximum absolute atomic E-state index is 10.3. The van der Waals surface area contributed by atoms with Crippen LogP contribution in [0.1, 0.15) is 25.3 Å². The molecule has 0 heterocycles. The van der Waals surface area contributed by atoms with Gasteiger partial charge in [0.1, 0.15) is 6.29 Å². The molecule has 1 aromatic carbocycles. The Morgan fingerprint density at radius 3 is 2.63 bits per heavy atom. The Balaban J connectivity index is 2.46. The first-order chi connectivity index (χ1) is 9.26. The summed E-state index contributed by atoms with van der Waals surface area (Å²) < 4.78 is 10.9. The lowest BCUT2D eigenvalue weighted by Gasteiger charge is -2.20. The Bertz CT molecular complexity index is 337. The van der Waals surface area contributed by atoms with Crippen LogP contribution in [0, 0.1) is 5.92 Å². The highest BCUT2D eigenvalue weighted by atomic mass is 16.5. The smallest absolute Gasteiger partial charge is 0.122 e. The molecule has 1 aromatic rings. The molecule has 0 aliphatic heterocycles. The molecule has 0 aliphatic rings. The van der Waals surface area contributed by atoms with Crippen molar-refractivity contribution >= 4 is 6.29 Å². The predicted molar refractivity (Wildman–Crippen MR) is 76.2 cm³/mol. The largest absolute Gasteiger partial charge is 0.382 e. The SMILES string of the molecule is COC(C)CC(COCCC=O)Cc1ccccc1. The van der Waals surface area contributed by atoms with Crippen molar-refractivity contribution < 1.29 is 14.3 Å². The number of hydrogen-bond donors (Lipinski definition) is 0. The lowest BCUT2D eigenvalue weighted by Crippen LogP contribution is -2.20. The van der Waals surface area contributed by atoms with Crippen LogP contribution in [0.5, 0.6) is 0 Å². The zero-order chi connectivity index (χ0) is 13.9. The van der Waals surface area contributed by atoms with Gasteiger partial charge in [-0.15, -0.1) is 0 Å². The minimum Gasteiger partial charge on any atom is -0.382 e. The molecule has 0 fully saturated rings. The summed E-state index contributed by atoms with van der Waals surface area (Å²) in [5, 5.41) is 0. The standard InChI is InChI=1S/C16H24O3/c1-14(18-2)11-16(13-19-10-6-9-17)12-15-7-4-3-5-8-15/h3-5,7-9,14,16H,6,10-13H2,1-2H3. The van der Waals surface area contributed by atoms with Crippen molar-refractivity contribution in [3.05, 3.63) is 35.9 Å². The lowest BCUT2D eigenvalue weighted by molar-refractivity contribution is -0.108. The normalized spacial score (nSPS) is 14.0. The molecule has 0 radical (unpaired) electrons. The summed E-state index contributed by atoms with van der Waals surface area (Å²) >= 11 is 0. The van der Waals surface area contributed by atoms with Gasteiger partial charge in [0, 0.05) is 20.1 Å². The van der Waals surface area contributed by atoms with Gasteiger partial charge in [-0.1, -0.05) is 30.3 Å². The van der Waals surface area contributed by atoms with E-state index >= 15 is 0 Å². The summed E-state index contributed by atoms with van der Waals surface area (Å²) in [7, 11) is 1.73. The molecule has 106 valence electrons. The summed E-state index contributed by atoms with van der Waals surface area (Å²) in [6.07, 6.45) is 3.53. The summed E-state index contributed by atoms with van der Waals surface area (Å²) in [5.41, 5.74) is 1.31. The molecule has 3 nitrogen and oxygen atoms in total. The van der Waals surface area contributed by atoms with E-state index in [2.05, 4.69) is 31.2 Å². The van der Waals surface area contributed by atoms with E-state index in [1.165, 1.54) is 5.56 Å². The second-order valence-corrected chi connectivity index (χ2v) is 4.87. The minimum atomic E-state index is 0.225. The summed E-state index contributed by atoms with van der Waals surface area (Å²) in [6.45, 7) is 3.26. The maximum atomic E-state index is 10.3. The quantitative estimate of drug-likeness (QED) is 0.481. The number of carbonyl (C=O) groups is 1. The summed E-state index contributed by atoms with van der Waals surface area (Å²) in [6, 6.07) is 10.4. The van der Waals surface area contributed by atoms with Crippen LogP contribution >= 0.6 is 0 Å². The molecule has 2 unspecified atom stereocenters. The average Bonchev–Trinajstić information content (AvgIpc) is 2.44. The van der Waals surface area contributed by atoms with Crippen LogP contribution in [0.15, 0.2) is 30.3 Å². The molecular formula is C16H24O3. The highest BCUT2D eigenvalue weighted by Crippen LogP contribution is 2.16.